The lowest BCUT2D eigenvalue weighted by atomic mass is 10.3. The van der Waals surface area contributed by atoms with E-state index in [0.29, 0.717) is 6.54 Å². The van der Waals surface area contributed by atoms with Gasteiger partial charge in [0.1, 0.15) is 17.1 Å². The first kappa shape index (κ1) is 10.8. The summed E-state index contributed by atoms with van der Waals surface area (Å²) in [6.07, 6.45) is 0. The highest BCUT2D eigenvalue weighted by Gasteiger charge is 2.05. The van der Waals surface area contributed by atoms with Crippen LogP contribution in [0.25, 0.3) is 11.0 Å². The second-order valence-corrected chi connectivity index (χ2v) is 2.74. The summed E-state index contributed by atoms with van der Waals surface area (Å²) < 4.78 is 5.16. The topological polar surface area (TPSA) is 63.9 Å². The van der Waals surface area contributed by atoms with E-state index in [0.717, 1.165) is 22.6 Å². The Balaban J connectivity index is 0.000000980. The van der Waals surface area contributed by atoms with Crippen LogP contribution in [0.1, 0.15) is 5.82 Å². The Morgan fingerprint density at radius 1 is 1.50 bits per heavy atom. The molecule has 5 heteroatoms. The third-order valence-corrected chi connectivity index (χ3v) is 1.94. The van der Waals surface area contributed by atoms with Gasteiger partial charge in [-0.2, -0.15) is 0 Å². The summed E-state index contributed by atoms with van der Waals surface area (Å²) in [5.74, 6) is 1.55. The van der Waals surface area contributed by atoms with E-state index < -0.39 is 0 Å². The van der Waals surface area contributed by atoms with Crippen LogP contribution in [0, 0.1) is 0 Å². The SMILES string of the molecule is COc1cccc2[nH]c(CN)nc12.Cl. The summed E-state index contributed by atoms with van der Waals surface area (Å²) in [6, 6.07) is 5.74. The van der Waals surface area contributed by atoms with Gasteiger partial charge in [0.05, 0.1) is 19.2 Å². The van der Waals surface area contributed by atoms with Crippen molar-refractivity contribution < 1.29 is 4.74 Å². The number of nitrogens with one attached hydrogen (secondary N) is 1. The molecule has 2 rings (SSSR count). The maximum absolute atomic E-state index is 5.47. The monoisotopic (exact) mass is 213 g/mol. The maximum atomic E-state index is 5.47. The van der Waals surface area contributed by atoms with E-state index in [1.165, 1.54) is 0 Å². The minimum Gasteiger partial charge on any atom is -0.494 e. The first-order valence-electron chi connectivity index (χ1n) is 4.07. The van der Waals surface area contributed by atoms with Crippen LogP contribution < -0.4 is 10.5 Å². The highest BCUT2D eigenvalue weighted by Crippen LogP contribution is 2.22. The van der Waals surface area contributed by atoms with Gasteiger partial charge in [0.25, 0.3) is 0 Å². The number of halogens is 1. The third-order valence-electron chi connectivity index (χ3n) is 1.94. The molecule has 3 N–H and O–H groups in total. The van der Waals surface area contributed by atoms with Crippen molar-refractivity contribution in [1.29, 1.82) is 0 Å². The number of hydrogen-bond acceptors (Lipinski definition) is 3. The minimum atomic E-state index is 0. The van der Waals surface area contributed by atoms with Crippen molar-refractivity contribution in [2.24, 2.45) is 5.73 Å². The number of nitrogens with zero attached hydrogens (tertiary/aromatic N) is 1. The predicted molar refractivity (Wildman–Crippen MR) is 57.8 cm³/mol. The lowest BCUT2D eigenvalue weighted by Crippen LogP contribution is -1.97. The molecule has 0 amide bonds. The Morgan fingerprint density at radius 2 is 2.29 bits per heavy atom. The van der Waals surface area contributed by atoms with Crippen LogP contribution in [0.2, 0.25) is 0 Å². The zero-order chi connectivity index (χ0) is 9.26. The van der Waals surface area contributed by atoms with Crippen LogP contribution in [0.3, 0.4) is 0 Å². The van der Waals surface area contributed by atoms with E-state index >= 15 is 0 Å². The number of rotatable bonds is 2. The fourth-order valence-electron chi connectivity index (χ4n) is 1.32. The van der Waals surface area contributed by atoms with E-state index in [9.17, 15) is 0 Å². The molecular weight excluding hydrogens is 202 g/mol. The summed E-state index contributed by atoms with van der Waals surface area (Å²) in [4.78, 5) is 7.40. The molecule has 0 bridgehead atoms. The molecule has 0 spiro atoms. The van der Waals surface area contributed by atoms with Crippen LogP contribution in [0.15, 0.2) is 18.2 Å². The second-order valence-electron chi connectivity index (χ2n) is 2.74. The molecule has 1 aromatic carbocycles. The van der Waals surface area contributed by atoms with E-state index in [4.69, 9.17) is 10.5 Å². The number of aromatic nitrogens is 2. The minimum absolute atomic E-state index is 0. The first-order chi connectivity index (χ1) is 6.35. The average Bonchev–Trinajstić information content (AvgIpc) is 2.59. The molecule has 1 aromatic heterocycles. The number of aromatic amines is 1. The summed E-state index contributed by atoms with van der Waals surface area (Å²) in [5.41, 5.74) is 7.27. The van der Waals surface area contributed by atoms with Gasteiger partial charge in [-0.15, -0.1) is 12.4 Å². The molecule has 14 heavy (non-hydrogen) atoms. The van der Waals surface area contributed by atoms with E-state index in [1.807, 2.05) is 18.2 Å². The molecule has 0 saturated heterocycles. The smallest absolute Gasteiger partial charge is 0.146 e. The molecule has 76 valence electrons. The normalized spacial score (nSPS) is 9.86. The Labute approximate surface area is 87.9 Å². The van der Waals surface area contributed by atoms with Crippen molar-refractivity contribution in [3.05, 3.63) is 24.0 Å². The van der Waals surface area contributed by atoms with Gasteiger partial charge in [-0.05, 0) is 12.1 Å². The number of H-pyrrole nitrogens is 1. The third kappa shape index (κ3) is 1.66. The van der Waals surface area contributed by atoms with Crippen molar-refractivity contribution in [2.45, 2.75) is 6.54 Å². The van der Waals surface area contributed by atoms with Gasteiger partial charge in [0.2, 0.25) is 0 Å². The molecule has 2 aromatic rings. The molecule has 0 atom stereocenters. The van der Waals surface area contributed by atoms with Crippen LogP contribution in [0.4, 0.5) is 0 Å². The van der Waals surface area contributed by atoms with Crippen LogP contribution in [-0.4, -0.2) is 17.1 Å². The zero-order valence-electron chi connectivity index (χ0n) is 7.78. The lowest BCUT2D eigenvalue weighted by molar-refractivity contribution is 0.419. The second kappa shape index (κ2) is 4.30. The van der Waals surface area contributed by atoms with E-state index in [2.05, 4.69) is 9.97 Å². The zero-order valence-corrected chi connectivity index (χ0v) is 8.60. The number of fused-ring (bicyclic) bond motifs is 1. The number of ether oxygens (including phenoxy) is 1. The van der Waals surface area contributed by atoms with Crippen molar-refractivity contribution in [3.63, 3.8) is 0 Å². The van der Waals surface area contributed by atoms with E-state index in [1.54, 1.807) is 7.11 Å². The summed E-state index contributed by atoms with van der Waals surface area (Å²) in [6.45, 7) is 0.415. The Kier molecular flexibility index (Phi) is 3.33. The average molecular weight is 214 g/mol. The fraction of sp³-hybridized carbons (Fsp3) is 0.222. The Morgan fingerprint density at radius 3 is 2.93 bits per heavy atom. The van der Waals surface area contributed by atoms with Gasteiger partial charge in [0, 0.05) is 0 Å². The Bertz CT molecular complexity index is 427. The van der Waals surface area contributed by atoms with Crippen LogP contribution in [0.5, 0.6) is 5.75 Å². The highest BCUT2D eigenvalue weighted by atomic mass is 35.5. The standard InChI is InChI=1S/C9H11N3O.ClH/c1-13-7-4-2-3-6-9(7)12-8(5-10)11-6;/h2-4H,5,10H2,1H3,(H,11,12);1H. The molecule has 0 unspecified atom stereocenters. The quantitative estimate of drug-likeness (QED) is 0.794. The summed E-state index contributed by atoms with van der Waals surface area (Å²) in [5, 5.41) is 0. The molecule has 4 nitrogen and oxygen atoms in total. The molecule has 0 aliphatic heterocycles. The molecule has 0 fully saturated rings. The summed E-state index contributed by atoms with van der Waals surface area (Å²) >= 11 is 0. The van der Waals surface area contributed by atoms with Crippen LogP contribution >= 0.6 is 12.4 Å². The molecule has 0 saturated carbocycles. The lowest BCUT2D eigenvalue weighted by Gasteiger charge is -1.97. The van der Waals surface area contributed by atoms with Crippen molar-refractivity contribution in [1.82, 2.24) is 9.97 Å². The van der Waals surface area contributed by atoms with Gasteiger partial charge in [-0.25, -0.2) is 4.98 Å². The predicted octanol–water partition coefficient (Wildman–Crippen LogP) is 1.45. The first-order valence-corrected chi connectivity index (χ1v) is 4.07. The van der Waals surface area contributed by atoms with Crippen LogP contribution in [-0.2, 0) is 6.54 Å². The molecule has 1 heterocycles. The van der Waals surface area contributed by atoms with Gasteiger partial charge < -0.3 is 15.5 Å². The van der Waals surface area contributed by atoms with E-state index in [-0.39, 0.29) is 12.4 Å². The van der Waals surface area contributed by atoms with Gasteiger partial charge in [-0.1, -0.05) is 6.07 Å². The number of benzene rings is 1. The molecule has 0 aliphatic rings. The van der Waals surface area contributed by atoms with Gasteiger partial charge in [-0.3, -0.25) is 0 Å². The number of methoxy groups -OCH3 is 1. The van der Waals surface area contributed by atoms with Crippen molar-refractivity contribution >= 4 is 23.4 Å². The summed E-state index contributed by atoms with van der Waals surface area (Å²) in [7, 11) is 1.63. The molecule has 0 radical (unpaired) electrons. The number of hydrogen-bond donors (Lipinski definition) is 2. The molecular formula is C9H12ClN3O. The number of nitrogens with two attached hydrogens (primary N) is 1. The van der Waals surface area contributed by atoms with Crippen molar-refractivity contribution in [3.8, 4) is 5.75 Å². The number of imidazole rings is 1. The maximum Gasteiger partial charge on any atom is 0.146 e. The largest absolute Gasteiger partial charge is 0.494 e. The highest BCUT2D eigenvalue weighted by molar-refractivity contribution is 5.85. The fourth-order valence-corrected chi connectivity index (χ4v) is 1.32. The van der Waals surface area contributed by atoms with Crippen molar-refractivity contribution in [2.75, 3.05) is 7.11 Å². The Hall–Kier alpha value is -1.26. The molecule has 0 aliphatic carbocycles. The van der Waals surface area contributed by atoms with Gasteiger partial charge >= 0.3 is 0 Å². The number of para-hydroxylation sites is 1. The van der Waals surface area contributed by atoms with Gasteiger partial charge in [0.15, 0.2) is 0 Å².